The number of rotatable bonds is 7. The van der Waals surface area contributed by atoms with Gasteiger partial charge in [0.05, 0.1) is 6.54 Å². The van der Waals surface area contributed by atoms with E-state index >= 15 is 0 Å². The zero-order valence-electron chi connectivity index (χ0n) is 18.2. The molecule has 4 aromatic rings. The summed E-state index contributed by atoms with van der Waals surface area (Å²) < 4.78 is 0. The minimum atomic E-state index is -0.187. The van der Waals surface area contributed by atoms with Crippen molar-refractivity contribution in [3.8, 4) is 0 Å². The molecule has 162 valence electrons. The molecule has 0 saturated carbocycles. The van der Waals surface area contributed by atoms with E-state index < -0.39 is 0 Å². The topological polar surface area (TPSA) is 65.2 Å². The van der Waals surface area contributed by atoms with Crippen LogP contribution in [0, 0.1) is 6.92 Å². The highest BCUT2D eigenvalue weighted by Crippen LogP contribution is 2.14. The maximum Gasteiger partial charge on any atom is 0.317 e. The minimum Gasteiger partial charge on any atom is -0.334 e. The SMILES string of the molecule is Cc1ccc2cc(CN(CCc3ccccc3)C(=O)NCc3ccccc3)c(=O)[nH]c2c1. The van der Waals surface area contributed by atoms with Gasteiger partial charge in [-0.3, -0.25) is 4.79 Å². The van der Waals surface area contributed by atoms with Crippen molar-refractivity contribution in [3.05, 3.63) is 118 Å². The summed E-state index contributed by atoms with van der Waals surface area (Å²) in [6.07, 6.45) is 0.713. The minimum absolute atomic E-state index is 0.163. The predicted molar refractivity (Wildman–Crippen MR) is 129 cm³/mol. The van der Waals surface area contributed by atoms with E-state index in [1.807, 2.05) is 91.9 Å². The summed E-state index contributed by atoms with van der Waals surface area (Å²) in [7, 11) is 0. The monoisotopic (exact) mass is 425 g/mol. The third-order valence-corrected chi connectivity index (χ3v) is 5.53. The Balaban J connectivity index is 1.54. The molecule has 0 spiro atoms. The molecule has 0 atom stereocenters. The number of H-pyrrole nitrogens is 1. The Kier molecular flexibility index (Phi) is 6.66. The molecular weight excluding hydrogens is 398 g/mol. The van der Waals surface area contributed by atoms with Gasteiger partial charge in [0.15, 0.2) is 0 Å². The smallest absolute Gasteiger partial charge is 0.317 e. The molecule has 2 amide bonds. The highest BCUT2D eigenvalue weighted by Gasteiger charge is 2.16. The lowest BCUT2D eigenvalue weighted by atomic mass is 10.1. The number of amides is 2. The summed E-state index contributed by atoms with van der Waals surface area (Å²) in [5.41, 5.74) is 4.49. The average molecular weight is 426 g/mol. The maximum absolute atomic E-state index is 13.1. The summed E-state index contributed by atoms with van der Waals surface area (Å²) >= 11 is 0. The van der Waals surface area contributed by atoms with Crippen molar-refractivity contribution < 1.29 is 4.79 Å². The summed E-state index contributed by atoms with van der Waals surface area (Å²) in [4.78, 5) is 30.5. The molecule has 0 bridgehead atoms. The second-order valence-electron chi connectivity index (χ2n) is 8.02. The first kappa shape index (κ1) is 21.4. The molecule has 1 aromatic heterocycles. The van der Waals surface area contributed by atoms with Gasteiger partial charge in [0.25, 0.3) is 5.56 Å². The molecule has 0 aliphatic rings. The highest BCUT2D eigenvalue weighted by atomic mass is 16.2. The van der Waals surface area contributed by atoms with Crippen molar-refractivity contribution in [2.24, 2.45) is 0 Å². The van der Waals surface area contributed by atoms with E-state index in [0.29, 0.717) is 25.1 Å². The van der Waals surface area contributed by atoms with Crippen molar-refractivity contribution >= 4 is 16.9 Å². The Bertz CT molecular complexity index is 1250. The molecule has 0 radical (unpaired) electrons. The van der Waals surface area contributed by atoms with E-state index in [2.05, 4.69) is 10.3 Å². The number of carbonyl (C=O) groups excluding carboxylic acids is 1. The number of aromatic amines is 1. The maximum atomic E-state index is 13.1. The predicted octanol–water partition coefficient (Wildman–Crippen LogP) is 4.79. The van der Waals surface area contributed by atoms with Gasteiger partial charge >= 0.3 is 6.03 Å². The van der Waals surface area contributed by atoms with Crippen LogP contribution in [0.2, 0.25) is 0 Å². The lowest BCUT2D eigenvalue weighted by Gasteiger charge is -2.23. The molecule has 5 nitrogen and oxygen atoms in total. The quantitative estimate of drug-likeness (QED) is 0.447. The Morgan fingerprint density at radius 3 is 2.31 bits per heavy atom. The Morgan fingerprint density at radius 2 is 1.59 bits per heavy atom. The lowest BCUT2D eigenvalue weighted by Crippen LogP contribution is -2.41. The largest absolute Gasteiger partial charge is 0.334 e. The molecule has 4 rings (SSSR count). The number of hydrogen-bond donors (Lipinski definition) is 2. The number of aryl methyl sites for hydroxylation is 1. The van der Waals surface area contributed by atoms with E-state index in [0.717, 1.165) is 27.6 Å². The molecule has 0 fully saturated rings. The van der Waals surface area contributed by atoms with Crippen LogP contribution in [0.25, 0.3) is 10.9 Å². The van der Waals surface area contributed by atoms with Gasteiger partial charge in [-0.1, -0.05) is 72.8 Å². The third-order valence-electron chi connectivity index (χ3n) is 5.53. The van der Waals surface area contributed by atoms with Gasteiger partial charge in [0.2, 0.25) is 0 Å². The van der Waals surface area contributed by atoms with Crippen molar-refractivity contribution in [3.63, 3.8) is 0 Å². The van der Waals surface area contributed by atoms with E-state index in [9.17, 15) is 9.59 Å². The van der Waals surface area contributed by atoms with Gasteiger partial charge in [0.1, 0.15) is 0 Å². The Labute approximate surface area is 187 Å². The number of benzene rings is 3. The van der Waals surface area contributed by atoms with E-state index in [-0.39, 0.29) is 18.1 Å². The van der Waals surface area contributed by atoms with Gasteiger partial charge in [0, 0.05) is 24.2 Å². The molecule has 3 aromatic carbocycles. The first-order valence-corrected chi connectivity index (χ1v) is 10.8. The molecule has 0 aliphatic carbocycles. The zero-order valence-corrected chi connectivity index (χ0v) is 18.2. The van der Waals surface area contributed by atoms with Gasteiger partial charge < -0.3 is 15.2 Å². The molecule has 0 saturated heterocycles. The Morgan fingerprint density at radius 1 is 0.906 bits per heavy atom. The van der Waals surface area contributed by atoms with Gasteiger partial charge in [-0.05, 0) is 47.6 Å². The number of nitrogens with one attached hydrogen (secondary N) is 2. The number of pyridine rings is 1. The van der Waals surface area contributed by atoms with E-state index in [4.69, 9.17) is 0 Å². The standard InChI is InChI=1S/C27H27N3O2/c1-20-12-13-23-17-24(26(31)29-25(23)16-20)19-30(15-14-21-8-4-2-5-9-21)27(32)28-18-22-10-6-3-7-11-22/h2-13,16-17H,14-15,18-19H2,1H3,(H,28,32)(H,29,31). The number of hydrogen-bond acceptors (Lipinski definition) is 2. The summed E-state index contributed by atoms with van der Waals surface area (Å²) in [6, 6.07) is 27.5. The van der Waals surface area contributed by atoms with Crippen LogP contribution in [-0.4, -0.2) is 22.5 Å². The normalized spacial score (nSPS) is 10.8. The fraction of sp³-hybridized carbons (Fsp3) is 0.185. The van der Waals surface area contributed by atoms with Gasteiger partial charge in [-0.25, -0.2) is 4.79 Å². The Hall–Kier alpha value is -3.86. The van der Waals surface area contributed by atoms with Crippen LogP contribution >= 0.6 is 0 Å². The van der Waals surface area contributed by atoms with Crippen molar-refractivity contribution in [2.75, 3.05) is 6.54 Å². The van der Waals surface area contributed by atoms with Crippen LogP contribution in [0.1, 0.15) is 22.3 Å². The van der Waals surface area contributed by atoms with Crippen LogP contribution in [0.5, 0.6) is 0 Å². The first-order chi connectivity index (χ1) is 15.6. The van der Waals surface area contributed by atoms with Gasteiger partial charge in [-0.2, -0.15) is 0 Å². The second-order valence-corrected chi connectivity index (χ2v) is 8.02. The van der Waals surface area contributed by atoms with Crippen LogP contribution in [0.3, 0.4) is 0 Å². The molecular formula is C27H27N3O2. The fourth-order valence-corrected chi connectivity index (χ4v) is 3.73. The molecule has 2 N–H and O–H groups in total. The van der Waals surface area contributed by atoms with Crippen molar-refractivity contribution in [1.82, 2.24) is 15.2 Å². The van der Waals surface area contributed by atoms with Crippen LogP contribution < -0.4 is 10.9 Å². The summed E-state index contributed by atoms with van der Waals surface area (Å²) in [6.45, 7) is 3.19. The summed E-state index contributed by atoms with van der Waals surface area (Å²) in [5.74, 6) is 0. The van der Waals surface area contributed by atoms with Crippen LogP contribution in [0.15, 0.2) is 89.7 Å². The molecule has 32 heavy (non-hydrogen) atoms. The molecule has 0 unspecified atom stereocenters. The van der Waals surface area contributed by atoms with Crippen molar-refractivity contribution in [2.45, 2.75) is 26.4 Å². The highest BCUT2D eigenvalue weighted by molar-refractivity contribution is 5.80. The lowest BCUT2D eigenvalue weighted by molar-refractivity contribution is 0.195. The third kappa shape index (κ3) is 5.43. The number of urea groups is 1. The van der Waals surface area contributed by atoms with Crippen molar-refractivity contribution in [1.29, 1.82) is 0 Å². The number of fused-ring (bicyclic) bond motifs is 1. The molecule has 0 aliphatic heterocycles. The number of carbonyl (C=O) groups is 1. The zero-order chi connectivity index (χ0) is 22.3. The first-order valence-electron chi connectivity index (χ1n) is 10.8. The van der Waals surface area contributed by atoms with Crippen LogP contribution in [0.4, 0.5) is 4.79 Å². The van der Waals surface area contributed by atoms with Crippen LogP contribution in [-0.2, 0) is 19.5 Å². The number of aromatic nitrogens is 1. The van der Waals surface area contributed by atoms with Gasteiger partial charge in [-0.15, -0.1) is 0 Å². The second kappa shape index (κ2) is 9.96. The van der Waals surface area contributed by atoms with E-state index in [1.165, 1.54) is 0 Å². The fourth-order valence-electron chi connectivity index (χ4n) is 3.73. The summed E-state index contributed by atoms with van der Waals surface area (Å²) in [5, 5.41) is 3.95. The number of nitrogens with zero attached hydrogens (tertiary/aromatic N) is 1. The van der Waals surface area contributed by atoms with E-state index in [1.54, 1.807) is 4.90 Å². The molecule has 1 heterocycles. The molecule has 5 heteroatoms. The average Bonchev–Trinajstić information content (AvgIpc) is 2.82.